The normalized spacial score (nSPS) is 21.0. The van der Waals surface area contributed by atoms with Crippen LogP contribution in [0.25, 0.3) is 0 Å². The van der Waals surface area contributed by atoms with E-state index in [1.54, 1.807) is 6.20 Å². The summed E-state index contributed by atoms with van der Waals surface area (Å²) in [6, 6.07) is 0. The van der Waals surface area contributed by atoms with Gasteiger partial charge in [-0.3, -0.25) is 0 Å². The predicted octanol–water partition coefficient (Wildman–Crippen LogP) is 3.11. The van der Waals surface area contributed by atoms with Crippen LogP contribution in [0.3, 0.4) is 0 Å². The standard InChI is InChI=1S/C12H13ClN4/c1-7-8(2)17(12(3)4-5-12)10-9(15-7)6-14-11(13)16-10/h6H,2,4-5H2,1,3H3. The van der Waals surface area contributed by atoms with E-state index in [4.69, 9.17) is 11.6 Å². The highest BCUT2D eigenvalue weighted by Gasteiger charge is 2.47. The van der Waals surface area contributed by atoms with Crippen LogP contribution in [-0.2, 0) is 0 Å². The number of aromatic nitrogens is 2. The fourth-order valence-corrected chi connectivity index (χ4v) is 2.24. The number of hydrogen-bond donors (Lipinski definition) is 0. The smallest absolute Gasteiger partial charge is 0.224 e. The van der Waals surface area contributed by atoms with Gasteiger partial charge >= 0.3 is 0 Å². The summed E-state index contributed by atoms with van der Waals surface area (Å²) in [7, 11) is 0. The zero-order valence-electron chi connectivity index (χ0n) is 9.87. The zero-order chi connectivity index (χ0) is 12.2. The van der Waals surface area contributed by atoms with Gasteiger partial charge in [0.2, 0.25) is 5.28 Å². The Labute approximate surface area is 105 Å². The number of aliphatic imine (C=N–C) groups is 1. The molecule has 88 valence electrons. The molecule has 0 spiro atoms. The lowest BCUT2D eigenvalue weighted by molar-refractivity contribution is 0.693. The highest BCUT2D eigenvalue weighted by Crippen LogP contribution is 2.49. The van der Waals surface area contributed by atoms with Crippen molar-refractivity contribution in [1.82, 2.24) is 9.97 Å². The minimum absolute atomic E-state index is 0.112. The van der Waals surface area contributed by atoms with Crippen LogP contribution in [0.1, 0.15) is 26.7 Å². The summed E-state index contributed by atoms with van der Waals surface area (Å²) < 4.78 is 0. The van der Waals surface area contributed by atoms with Gasteiger partial charge in [-0.2, -0.15) is 4.98 Å². The van der Waals surface area contributed by atoms with Crippen LogP contribution >= 0.6 is 11.6 Å². The van der Waals surface area contributed by atoms with Gasteiger partial charge < -0.3 is 4.90 Å². The van der Waals surface area contributed by atoms with Crippen LogP contribution in [0, 0.1) is 0 Å². The average molecular weight is 249 g/mol. The van der Waals surface area contributed by atoms with Crippen molar-refractivity contribution in [3.05, 3.63) is 23.8 Å². The van der Waals surface area contributed by atoms with Crippen molar-refractivity contribution in [3.63, 3.8) is 0 Å². The molecule has 1 fully saturated rings. The van der Waals surface area contributed by atoms with Crippen molar-refractivity contribution in [2.45, 2.75) is 32.2 Å². The number of allylic oxidation sites excluding steroid dienone is 1. The van der Waals surface area contributed by atoms with Crippen molar-refractivity contribution in [2.75, 3.05) is 4.90 Å². The van der Waals surface area contributed by atoms with Crippen molar-refractivity contribution in [3.8, 4) is 0 Å². The van der Waals surface area contributed by atoms with Crippen molar-refractivity contribution in [2.24, 2.45) is 4.99 Å². The molecule has 3 rings (SSSR count). The molecule has 0 N–H and O–H groups in total. The third-order valence-electron chi connectivity index (χ3n) is 3.42. The van der Waals surface area contributed by atoms with Gasteiger partial charge in [0.05, 0.1) is 17.6 Å². The number of halogens is 1. The Kier molecular flexibility index (Phi) is 2.08. The van der Waals surface area contributed by atoms with E-state index >= 15 is 0 Å². The summed E-state index contributed by atoms with van der Waals surface area (Å²) in [6.45, 7) is 8.27. The van der Waals surface area contributed by atoms with Gasteiger partial charge in [0.25, 0.3) is 0 Å². The molecule has 0 radical (unpaired) electrons. The molecule has 1 aromatic heterocycles. The lowest BCUT2D eigenvalue weighted by Crippen LogP contribution is -2.38. The number of nitrogens with zero attached hydrogens (tertiary/aromatic N) is 4. The first-order valence-electron chi connectivity index (χ1n) is 5.59. The minimum Gasteiger partial charge on any atom is -0.317 e. The monoisotopic (exact) mass is 248 g/mol. The summed E-state index contributed by atoms with van der Waals surface area (Å²) in [5.74, 6) is 0.778. The van der Waals surface area contributed by atoms with Gasteiger partial charge in [-0.15, -0.1) is 0 Å². The average Bonchev–Trinajstić information content (AvgIpc) is 3.00. The van der Waals surface area contributed by atoms with Gasteiger partial charge in [-0.1, -0.05) is 6.58 Å². The third-order valence-corrected chi connectivity index (χ3v) is 3.60. The Bertz CT molecular complexity index is 545. The SMILES string of the molecule is C=C1C(C)=Nc2cnc(Cl)nc2N1C1(C)CC1. The molecular formula is C12H13ClN4. The molecule has 2 aliphatic rings. The minimum atomic E-state index is 0.112. The molecule has 1 aromatic rings. The number of rotatable bonds is 1. The second-order valence-corrected chi connectivity index (χ2v) is 5.16. The van der Waals surface area contributed by atoms with Gasteiger partial charge in [0.1, 0.15) is 5.69 Å². The van der Waals surface area contributed by atoms with E-state index in [1.165, 1.54) is 0 Å². The van der Waals surface area contributed by atoms with E-state index in [1.807, 2.05) is 6.92 Å². The summed E-state index contributed by atoms with van der Waals surface area (Å²) in [5.41, 5.74) is 2.71. The first-order valence-corrected chi connectivity index (χ1v) is 5.96. The van der Waals surface area contributed by atoms with E-state index < -0.39 is 0 Å². The van der Waals surface area contributed by atoms with Gasteiger partial charge in [-0.25, -0.2) is 9.98 Å². The van der Waals surface area contributed by atoms with E-state index in [9.17, 15) is 0 Å². The van der Waals surface area contributed by atoms with Crippen LogP contribution in [0.15, 0.2) is 23.5 Å². The molecule has 17 heavy (non-hydrogen) atoms. The van der Waals surface area contributed by atoms with Crippen molar-refractivity contribution in [1.29, 1.82) is 0 Å². The van der Waals surface area contributed by atoms with E-state index in [2.05, 4.69) is 33.4 Å². The van der Waals surface area contributed by atoms with Crippen LogP contribution in [0.4, 0.5) is 11.5 Å². The highest BCUT2D eigenvalue weighted by molar-refractivity contribution is 6.28. The lowest BCUT2D eigenvalue weighted by Gasteiger charge is -2.35. The van der Waals surface area contributed by atoms with E-state index in [-0.39, 0.29) is 10.8 Å². The Balaban J connectivity index is 2.20. The quantitative estimate of drug-likeness (QED) is 0.717. The molecule has 0 aromatic carbocycles. The van der Waals surface area contributed by atoms with Gasteiger partial charge in [-0.05, 0) is 38.3 Å². The molecule has 0 amide bonds. The molecule has 0 bridgehead atoms. The summed E-state index contributed by atoms with van der Waals surface area (Å²) in [5, 5.41) is 0.251. The molecule has 1 saturated carbocycles. The third kappa shape index (κ3) is 1.55. The number of fused-ring (bicyclic) bond motifs is 1. The Morgan fingerprint density at radius 3 is 2.82 bits per heavy atom. The summed E-state index contributed by atoms with van der Waals surface area (Å²) in [4.78, 5) is 14.9. The van der Waals surface area contributed by atoms with Crippen molar-refractivity contribution < 1.29 is 0 Å². The highest BCUT2D eigenvalue weighted by atomic mass is 35.5. The van der Waals surface area contributed by atoms with E-state index in [0.29, 0.717) is 0 Å². The van der Waals surface area contributed by atoms with Gasteiger partial charge in [0, 0.05) is 5.54 Å². The Morgan fingerprint density at radius 1 is 1.47 bits per heavy atom. The largest absolute Gasteiger partial charge is 0.317 e. The van der Waals surface area contributed by atoms with Gasteiger partial charge in [0.15, 0.2) is 5.82 Å². The molecular weight excluding hydrogens is 236 g/mol. The first kappa shape index (κ1) is 10.7. The molecule has 2 heterocycles. The van der Waals surface area contributed by atoms with Crippen molar-refractivity contribution >= 4 is 28.8 Å². The van der Waals surface area contributed by atoms with E-state index in [0.717, 1.165) is 35.8 Å². The summed E-state index contributed by atoms with van der Waals surface area (Å²) >= 11 is 5.87. The number of anilines is 1. The molecule has 5 heteroatoms. The molecule has 0 atom stereocenters. The molecule has 1 aliphatic carbocycles. The second kappa shape index (κ2) is 3.29. The van der Waals surface area contributed by atoms with Crippen LogP contribution in [-0.4, -0.2) is 21.2 Å². The maximum Gasteiger partial charge on any atom is 0.224 e. The maximum atomic E-state index is 5.87. The fourth-order valence-electron chi connectivity index (χ4n) is 2.11. The molecule has 0 saturated heterocycles. The summed E-state index contributed by atoms with van der Waals surface area (Å²) in [6.07, 6.45) is 3.94. The zero-order valence-corrected chi connectivity index (χ0v) is 10.6. The molecule has 4 nitrogen and oxygen atoms in total. The lowest BCUT2D eigenvalue weighted by atomic mass is 10.1. The first-order chi connectivity index (χ1) is 8.01. The fraction of sp³-hybridized carbons (Fsp3) is 0.417. The maximum absolute atomic E-state index is 5.87. The molecule has 1 aliphatic heterocycles. The topological polar surface area (TPSA) is 41.4 Å². The molecule has 0 unspecified atom stereocenters. The van der Waals surface area contributed by atoms with Crippen LogP contribution in [0.5, 0.6) is 0 Å². The van der Waals surface area contributed by atoms with Crippen LogP contribution < -0.4 is 4.90 Å². The second-order valence-electron chi connectivity index (χ2n) is 4.82. The Hall–Kier alpha value is -1.42. The number of hydrogen-bond acceptors (Lipinski definition) is 4. The Morgan fingerprint density at radius 2 is 2.18 bits per heavy atom. The van der Waals surface area contributed by atoms with Crippen LogP contribution in [0.2, 0.25) is 5.28 Å². The predicted molar refractivity (Wildman–Crippen MR) is 69.1 cm³/mol.